The molecule has 216 valence electrons. The minimum Gasteiger partial charge on any atom is -0.474 e. The minimum absolute atomic E-state index is 0.0263. The van der Waals surface area contributed by atoms with E-state index in [9.17, 15) is 19.7 Å². The number of aromatic nitrogens is 6. The van der Waals surface area contributed by atoms with Crippen LogP contribution in [0.4, 0.5) is 0 Å². The van der Waals surface area contributed by atoms with E-state index in [0.717, 1.165) is 0 Å². The zero-order chi connectivity index (χ0) is 28.1. The number of hydrogen-bond acceptors (Lipinski definition) is 14. The minimum atomic E-state index is -3.98. The molecule has 4 N–H and O–H groups in total. The number of aliphatic hydroxyl groups excluding tert-OH is 1. The molecule has 6 rings (SSSR count). The van der Waals surface area contributed by atoms with E-state index in [4.69, 9.17) is 51.2 Å². The number of fused-ring (bicyclic) bond motifs is 4. The fraction of sp³-hybridized carbons (Fsp3) is 0.550. The summed E-state index contributed by atoms with van der Waals surface area (Å²) in [7, 11) is 0. The molecule has 5 heterocycles. The maximum atomic E-state index is 12.2. The number of nitrogens with zero attached hydrogens (tertiary/aromatic N) is 5. The van der Waals surface area contributed by atoms with Crippen LogP contribution in [-0.4, -0.2) is 88.1 Å². The van der Waals surface area contributed by atoms with Crippen LogP contribution in [0, 0.1) is 5.92 Å². The van der Waals surface area contributed by atoms with E-state index in [0.29, 0.717) is 18.7 Å². The zero-order valence-corrected chi connectivity index (χ0v) is 23.8. The van der Waals surface area contributed by atoms with Crippen LogP contribution in [0.1, 0.15) is 19.1 Å². The van der Waals surface area contributed by atoms with Crippen molar-refractivity contribution in [2.45, 2.75) is 49.6 Å². The van der Waals surface area contributed by atoms with Crippen molar-refractivity contribution in [3.8, 4) is 5.88 Å². The van der Waals surface area contributed by atoms with E-state index in [1.54, 1.807) is 12.3 Å². The lowest BCUT2D eigenvalue weighted by Crippen LogP contribution is -2.35. The van der Waals surface area contributed by atoms with Crippen LogP contribution in [0.2, 0.25) is 0 Å². The number of H-pyrrole nitrogens is 1. The van der Waals surface area contributed by atoms with Gasteiger partial charge < -0.3 is 42.9 Å². The first-order chi connectivity index (χ1) is 19.1. The van der Waals surface area contributed by atoms with Gasteiger partial charge in [0.25, 0.3) is 5.56 Å². The van der Waals surface area contributed by atoms with E-state index in [1.807, 2.05) is 0 Å². The summed E-state index contributed by atoms with van der Waals surface area (Å²) in [6.07, 6.45) is 0.134. The van der Waals surface area contributed by atoms with Crippen molar-refractivity contribution in [2.24, 2.45) is 5.92 Å². The standard InChI is InChI=1S/C20H24N6O10P2S2/c27-16-13-6-32-37(29,39)35-12-4-11(33-14-1-2-21-7-22-14)3-10(12)5-31-38(30,40)36-17(16)20(34-13)26-9-25-15-18(26)23-8-24-19(15)28/h1-2,7-13,16-17,20,27H,3-6H2,(H,29,39)(H,30,40)(H,23,24,28)/t10-,11-,12+,13-,16-,17-,20-,37?,38?/m1/s1. The summed E-state index contributed by atoms with van der Waals surface area (Å²) < 4.78 is 36.2. The fourth-order valence-electron chi connectivity index (χ4n) is 4.94. The third-order valence-corrected chi connectivity index (χ3v) is 9.90. The lowest BCUT2D eigenvalue weighted by molar-refractivity contribution is -0.0511. The molecule has 0 amide bonds. The average Bonchev–Trinajstić information content (AvgIpc) is 3.58. The van der Waals surface area contributed by atoms with E-state index < -0.39 is 55.6 Å². The Hall–Kier alpha value is -1.79. The maximum Gasteiger partial charge on any atom is 0.325 e. The number of nitrogens with one attached hydrogen (secondary N) is 1. The molecule has 3 fully saturated rings. The molecule has 9 atom stereocenters. The van der Waals surface area contributed by atoms with Crippen LogP contribution in [0.25, 0.3) is 11.2 Å². The summed E-state index contributed by atoms with van der Waals surface area (Å²) in [6, 6.07) is 1.61. The van der Waals surface area contributed by atoms with Crippen molar-refractivity contribution in [1.82, 2.24) is 29.5 Å². The van der Waals surface area contributed by atoms with Gasteiger partial charge in [0.05, 0.1) is 32.0 Å². The Kier molecular flexibility index (Phi) is 7.88. The van der Waals surface area contributed by atoms with Crippen LogP contribution in [0.5, 0.6) is 5.88 Å². The van der Waals surface area contributed by atoms with Gasteiger partial charge in [0.15, 0.2) is 17.4 Å². The molecule has 3 aromatic rings. The van der Waals surface area contributed by atoms with Gasteiger partial charge in [-0.25, -0.2) is 19.9 Å². The second kappa shape index (κ2) is 11.1. The molecule has 0 spiro atoms. The van der Waals surface area contributed by atoms with Crippen molar-refractivity contribution in [2.75, 3.05) is 13.2 Å². The number of rotatable bonds is 3. The molecule has 2 bridgehead atoms. The molecule has 3 aromatic heterocycles. The first-order valence-electron chi connectivity index (χ1n) is 12.1. The average molecular weight is 635 g/mol. The maximum absolute atomic E-state index is 12.2. The number of hydrogen-bond donors (Lipinski definition) is 4. The van der Waals surface area contributed by atoms with Gasteiger partial charge in [-0.15, -0.1) is 0 Å². The highest BCUT2D eigenvalue weighted by atomic mass is 32.5. The number of imidazole rings is 1. The molecule has 2 unspecified atom stereocenters. The lowest BCUT2D eigenvalue weighted by atomic mass is 10.1. The molecule has 0 radical (unpaired) electrons. The summed E-state index contributed by atoms with van der Waals surface area (Å²) >= 11 is 10.5. The monoisotopic (exact) mass is 634 g/mol. The quantitative estimate of drug-likeness (QED) is 0.286. The highest BCUT2D eigenvalue weighted by Gasteiger charge is 2.50. The van der Waals surface area contributed by atoms with Crippen LogP contribution in [0.3, 0.4) is 0 Å². The van der Waals surface area contributed by atoms with Crippen molar-refractivity contribution in [1.29, 1.82) is 0 Å². The SMILES string of the molecule is O=c1[nH]cnc2c1ncn2[C@@H]1O[C@@H]2COP(O)(=S)O[C@H]3C[C@H](Oc4ccncn4)C[C@@H]3COP(O)(=S)O[C@@H]1[C@@H]2O. The van der Waals surface area contributed by atoms with Crippen molar-refractivity contribution >= 4 is 48.2 Å². The molecule has 3 aliphatic rings. The Morgan fingerprint density at radius 2 is 1.88 bits per heavy atom. The number of ether oxygens (including phenoxy) is 2. The smallest absolute Gasteiger partial charge is 0.325 e. The van der Waals surface area contributed by atoms with Gasteiger partial charge in [-0.05, 0) is 30.0 Å². The van der Waals surface area contributed by atoms with Crippen molar-refractivity contribution in [3.05, 3.63) is 41.6 Å². The summed E-state index contributed by atoms with van der Waals surface area (Å²) in [5.41, 5.74) is -0.314. The van der Waals surface area contributed by atoms with Gasteiger partial charge in [-0.3, -0.25) is 13.9 Å². The molecule has 40 heavy (non-hydrogen) atoms. The van der Waals surface area contributed by atoms with Gasteiger partial charge in [0, 0.05) is 24.6 Å². The van der Waals surface area contributed by atoms with Gasteiger partial charge >= 0.3 is 13.4 Å². The molecule has 1 aliphatic carbocycles. The molecule has 2 aliphatic heterocycles. The third-order valence-electron chi connectivity index (χ3n) is 6.76. The number of aromatic amines is 1. The lowest BCUT2D eigenvalue weighted by Gasteiger charge is -2.28. The predicted octanol–water partition coefficient (Wildman–Crippen LogP) is 0.276. The van der Waals surface area contributed by atoms with E-state index in [-0.39, 0.29) is 30.5 Å². The number of aliphatic hydroxyl groups is 1. The Bertz CT molecular complexity index is 1530. The highest BCUT2D eigenvalue weighted by molar-refractivity contribution is 8.07. The largest absolute Gasteiger partial charge is 0.474 e. The fourth-order valence-corrected chi connectivity index (χ4v) is 7.91. The molecule has 20 heteroatoms. The predicted molar refractivity (Wildman–Crippen MR) is 142 cm³/mol. The van der Waals surface area contributed by atoms with Gasteiger partial charge in [-0.2, -0.15) is 0 Å². The third kappa shape index (κ3) is 5.90. The second-order valence-electron chi connectivity index (χ2n) is 9.37. The second-order valence-corrected chi connectivity index (χ2v) is 15.0. The van der Waals surface area contributed by atoms with Crippen LogP contribution in [0.15, 0.2) is 36.0 Å². The summed E-state index contributed by atoms with van der Waals surface area (Å²) in [6.45, 7) is -8.32. The molecule has 1 saturated carbocycles. The van der Waals surface area contributed by atoms with E-state index in [2.05, 4.69) is 24.9 Å². The highest BCUT2D eigenvalue weighted by Crippen LogP contribution is 2.54. The van der Waals surface area contributed by atoms with Crippen molar-refractivity contribution in [3.63, 3.8) is 0 Å². The molecule has 2 saturated heterocycles. The van der Waals surface area contributed by atoms with Crippen LogP contribution < -0.4 is 10.3 Å². The first-order valence-corrected chi connectivity index (χ1v) is 17.2. The topological polar surface area (TPSA) is 205 Å². The zero-order valence-electron chi connectivity index (χ0n) is 20.4. The Morgan fingerprint density at radius 1 is 1.07 bits per heavy atom. The summed E-state index contributed by atoms with van der Waals surface area (Å²) in [4.78, 5) is 52.6. The Balaban J connectivity index is 1.27. The summed E-state index contributed by atoms with van der Waals surface area (Å²) in [5.74, 6) is -0.0475. The first kappa shape index (κ1) is 28.3. The Labute approximate surface area is 236 Å². The summed E-state index contributed by atoms with van der Waals surface area (Å²) in [5, 5.41) is 11.1. The molecular weight excluding hydrogens is 610 g/mol. The normalized spacial score (nSPS) is 38.7. The van der Waals surface area contributed by atoms with Gasteiger partial charge in [0.2, 0.25) is 5.88 Å². The Morgan fingerprint density at radius 3 is 2.67 bits per heavy atom. The van der Waals surface area contributed by atoms with E-state index in [1.165, 1.54) is 23.5 Å². The molecule has 16 nitrogen and oxygen atoms in total. The van der Waals surface area contributed by atoms with Crippen LogP contribution >= 0.6 is 13.4 Å². The molecule has 0 aromatic carbocycles. The van der Waals surface area contributed by atoms with Gasteiger partial charge in [-0.1, -0.05) is 0 Å². The van der Waals surface area contributed by atoms with Crippen molar-refractivity contribution < 1.29 is 42.5 Å². The molecular formula is C20H24N6O10P2S2. The van der Waals surface area contributed by atoms with Gasteiger partial charge in [0.1, 0.15) is 30.7 Å². The van der Waals surface area contributed by atoms with Crippen LogP contribution in [-0.2, 0) is 46.4 Å². The van der Waals surface area contributed by atoms with E-state index >= 15 is 0 Å².